The molecule has 2 N–H and O–H groups in total. The molecule has 5 nitrogen and oxygen atoms in total. The topological polar surface area (TPSA) is 64.2 Å². The molecule has 1 atom stereocenters. The van der Waals surface area contributed by atoms with Crippen molar-refractivity contribution >= 4 is 18.3 Å². The van der Waals surface area contributed by atoms with Gasteiger partial charge in [-0.15, -0.1) is 12.4 Å². The highest BCUT2D eigenvalue weighted by molar-refractivity contribution is 5.92. The smallest absolute Gasteiger partial charge is 0.272 e. The first kappa shape index (κ1) is 14.0. The molecule has 0 aliphatic carbocycles. The van der Waals surface area contributed by atoms with E-state index in [9.17, 15) is 4.79 Å². The Labute approximate surface area is 107 Å². The molecule has 1 unspecified atom stereocenters. The second-order valence-corrected chi connectivity index (χ2v) is 4.45. The molecule has 1 aromatic heterocycles. The maximum Gasteiger partial charge on any atom is 0.272 e. The van der Waals surface area contributed by atoms with Gasteiger partial charge in [-0.3, -0.25) is 9.48 Å². The number of hydrogen-bond donors (Lipinski definition) is 1. The normalized spacial score (nSPS) is 19.9. The van der Waals surface area contributed by atoms with Gasteiger partial charge in [0.05, 0.1) is 5.69 Å². The summed E-state index contributed by atoms with van der Waals surface area (Å²) in [4.78, 5) is 14.0. The third kappa shape index (κ3) is 2.98. The minimum atomic E-state index is 0. The summed E-state index contributed by atoms with van der Waals surface area (Å²) in [5, 5.41) is 4.18. The van der Waals surface area contributed by atoms with Gasteiger partial charge in [-0.1, -0.05) is 0 Å². The number of carbonyl (C=O) groups is 1. The lowest BCUT2D eigenvalue weighted by Crippen LogP contribution is -2.46. The van der Waals surface area contributed by atoms with Crippen molar-refractivity contribution in [3.05, 3.63) is 17.5 Å². The van der Waals surface area contributed by atoms with Crippen LogP contribution in [0.15, 0.2) is 6.07 Å². The molecule has 17 heavy (non-hydrogen) atoms. The fraction of sp³-hybridized carbons (Fsp3) is 0.636. The number of nitrogens with two attached hydrogens (primary N) is 1. The van der Waals surface area contributed by atoms with Gasteiger partial charge in [0, 0.05) is 26.2 Å². The molecule has 0 bridgehead atoms. The minimum Gasteiger partial charge on any atom is -0.336 e. The van der Waals surface area contributed by atoms with Crippen molar-refractivity contribution in [3.63, 3.8) is 0 Å². The van der Waals surface area contributed by atoms with Gasteiger partial charge in [-0.2, -0.15) is 5.10 Å². The zero-order valence-corrected chi connectivity index (χ0v) is 11.0. The van der Waals surface area contributed by atoms with E-state index in [0.717, 1.165) is 25.1 Å². The number of rotatable bonds is 1. The highest BCUT2D eigenvalue weighted by Crippen LogP contribution is 2.13. The van der Waals surface area contributed by atoms with E-state index in [1.807, 2.05) is 17.9 Å². The van der Waals surface area contributed by atoms with Crippen molar-refractivity contribution < 1.29 is 4.79 Å². The summed E-state index contributed by atoms with van der Waals surface area (Å²) in [6.45, 7) is 3.35. The first-order chi connectivity index (χ1) is 7.58. The van der Waals surface area contributed by atoms with Gasteiger partial charge in [0.1, 0.15) is 5.69 Å². The number of amides is 1. The van der Waals surface area contributed by atoms with Gasteiger partial charge < -0.3 is 10.6 Å². The van der Waals surface area contributed by atoms with Crippen LogP contribution < -0.4 is 5.73 Å². The molecule has 0 saturated carbocycles. The third-order valence-electron chi connectivity index (χ3n) is 2.97. The quantitative estimate of drug-likeness (QED) is 0.807. The van der Waals surface area contributed by atoms with Gasteiger partial charge >= 0.3 is 0 Å². The Balaban J connectivity index is 0.00000144. The number of carbonyl (C=O) groups excluding carboxylic acids is 1. The molecule has 1 fully saturated rings. The molecule has 1 aromatic rings. The van der Waals surface area contributed by atoms with E-state index < -0.39 is 0 Å². The second kappa shape index (κ2) is 5.51. The van der Waals surface area contributed by atoms with E-state index in [-0.39, 0.29) is 24.4 Å². The SMILES string of the molecule is Cc1cc(C(=O)N2CCCC(N)C2)n(C)n1.Cl. The largest absolute Gasteiger partial charge is 0.336 e. The van der Waals surface area contributed by atoms with E-state index in [2.05, 4.69) is 5.10 Å². The zero-order chi connectivity index (χ0) is 11.7. The average molecular weight is 259 g/mol. The number of piperidine rings is 1. The predicted octanol–water partition coefficient (Wildman–Crippen LogP) is 0.714. The molecular formula is C11H19ClN4O. The lowest BCUT2D eigenvalue weighted by Gasteiger charge is -2.30. The Morgan fingerprint density at radius 3 is 2.82 bits per heavy atom. The van der Waals surface area contributed by atoms with E-state index >= 15 is 0 Å². The first-order valence-electron chi connectivity index (χ1n) is 5.63. The van der Waals surface area contributed by atoms with Gasteiger partial charge in [0.15, 0.2) is 0 Å². The molecule has 0 aromatic carbocycles. The van der Waals surface area contributed by atoms with Crippen LogP contribution >= 0.6 is 12.4 Å². The molecule has 0 spiro atoms. The maximum absolute atomic E-state index is 12.2. The van der Waals surface area contributed by atoms with Crippen LogP contribution in [0, 0.1) is 6.92 Å². The lowest BCUT2D eigenvalue weighted by atomic mass is 10.1. The van der Waals surface area contributed by atoms with Crippen LogP contribution in [-0.2, 0) is 7.05 Å². The summed E-state index contributed by atoms with van der Waals surface area (Å²) in [5.74, 6) is 0.0400. The number of halogens is 1. The fourth-order valence-corrected chi connectivity index (χ4v) is 2.17. The number of likely N-dealkylation sites (tertiary alicyclic amines) is 1. The van der Waals surface area contributed by atoms with Crippen LogP contribution in [0.2, 0.25) is 0 Å². The van der Waals surface area contributed by atoms with Crippen molar-refractivity contribution in [2.75, 3.05) is 13.1 Å². The molecule has 1 aliphatic rings. The fourth-order valence-electron chi connectivity index (χ4n) is 2.17. The molecule has 2 heterocycles. The Hall–Kier alpha value is -1.07. The summed E-state index contributed by atoms with van der Waals surface area (Å²) in [7, 11) is 1.80. The molecule has 1 amide bonds. The van der Waals surface area contributed by atoms with Crippen molar-refractivity contribution in [2.45, 2.75) is 25.8 Å². The van der Waals surface area contributed by atoms with Crippen molar-refractivity contribution in [2.24, 2.45) is 12.8 Å². The van der Waals surface area contributed by atoms with Gasteiger partial charge in [-0.05, 0) is 25.8 Å². The third-order valence-corrected chi connectivity index (χ3v) is 2.97. The Morgan fingerprint density at radius 2 is 2.29 bits per heavy atom. The number of nitrogens with zero attached hydrogens (tertiary/aromatic N) is 3. The minimum absolute atomic E-state index is 0. The maximum atomic E-state index is 12.2. The monoisotopic (exact) mass is 258 g/mol. The average Bonchev–Trinajstić information content (AvgIpc) is 2.57. The molecule has 1 saturated heterocycles. The van der Waals surface area contributed by atoms with Crippen molar-refractivity contribution in [1.29, 1.82) is 0 Å². The highest BCUT2D eigenvalue weighted by atomic mass is 35.5. The molecule has 6 heteroatoms. The number of aryl methyl sites for hydroxylation is 2. The second-order valence-electron chi connectivity index (χ2n) is 4.45. The van der Waals surface area contributed by atoms with E-state index in [0.29, 0.717) is 12.2 Å². The zero-order valence-electron chi connectivity index (χ0n) is 10.2. The molecule has 96 valence electrons. The van der Waals surface area contributed by atoms with Crippen LogP contribution in [0.25, 0.3) is 0 Å². The molecule has 2 rings (SSSR count). The highest BCUT2D eigenvalue weighted by Gasteiger charge is 2.24. The van der Waals surface area contributed by atoms with Crippen LogP contribution in [0.4, 0.5) is 0 Å². The Kier molecular flexibility index (Phi) is 4.54. The van der Waals surface area contributed by atoms with Gasteiger partial charge in [-0.25, -0.2) is 0 Å². The summed E-state index contributed by atoms with van der Waals surface area (Å²) in [5.41, 5.74) is 7.38. The summed E-state index contributed by atoms with van der Waals surface area (Å²) in [6.07, 6.45) is 2.00. The molecular weight excluding hydrogens is 240 g/mol. The number of aromatic nitrogens is 2. The van der Waals surface area contributed by atoms with E-state index in [4.69, 9.17) is 5.73 Å². The summed E-state index contributed by atoms with van der Waals surface area (Å²) in [6, 6.07) is 1.94. The number of hydrogen-bond acceptors (Lipinski definition) is 3. The van der Waals surface area contributed by atoms with Gasteiger partial charge in [0.2, 0.25) is 0 Å². The molecule has 0 radical (unpaired) electrons. The summed E-state index contributed by atoms with van der Waals surface area (Å²) < 4.78 is 1.64. The Morgan fingerprint density at radius 1 is 1.59 bits per heavy atom. The first-order valence-corrected chi connectivity index (χ1v) is 5.63. The lowest BCUT2D eigenvalue weighted by molar-refractivity contribution is 0.0697. The van der Waals surface area contributed by atoms with E-state index in [1.54, 1.807) is 11.7 Å². The summed E-state index contributed by atoms with van der Waals surface area (Å²) >= 11 is 0. The van der Waals surface area contributed by atoms with Crippen molar-refractivity contribution in [1.82, 2.24) is 14.7 Å². The Bertz CT molecular complexity index is 404. The van der Waals surface area contributed by atoms with E-state index in [1.165, 1.54) is 0 Å². The van der Waals surface area contributed by atoms with Crippen LogP contribution in [0.1, 0.15) is 29.0 Å². The van der Waals surface area contributed by atoms with Crippen molar-refractivity contribution in [3.8, 4) is 0 Å². The standard InChI is InChI=1S/C11H18N4O.ClH/c1-8-6-10(14(2)13-8)11(16)15-5-3-4-9(12)7-15;/h6,9H,3-5,7,12H2,1-2H3;1H. The molecule has 1 aliphatic heterocycles. The predicted molar refractivity (Wildman–Crippen MR) is 68.3 cm³/mol. The van der Waals surface area contributed by atoms with Crippen LogP contribution in [0.3, 0.4) is 0 Å². The van der Waals surface area contributed by atoms with Gasteiger partial charge in [0.25, 0.3) is 5.91 Å². The van der Waals surface area contributed by atoms with Crippen LogP contribution in [0.5, 0.6) is 0 Å². The van der Waals surface area contributed by atoms with Crippen LogP contribution in [-0.4, -0.2) is 39.7 Å².